The van der Waals surface area contributed by atoms with E-state index in [4.69, 9.17) is 10.00 Å². The first-order valence-corrected chi connectivity index (χ1v) is 6.30. The second-order valence-electron chi connectivity index (χ2n) is 4.49. The summed E-state index contributed by atoms with van der Waals surface area (Å²) >= 11 is 0. The Hall–Kier alpha value is -2.06. The number of rotatable bonds is 3. The van der Waals surface area contributed by atoms with Crippen LogP contribution >= 0.6 is 0 Å². The molecule has 0 aliphatic carbocycles. The van der Waals surface area contributed by atoms with Gasteiger partial charge < -0.3 is 15.0 Å². The van der Waals surface area contributed by atoms with E-state index in [0.29, 0.717) is 24.4 Å². The van der Waals surface area contributed by atoms with E-state index < -0.39 is 0 Å². The molecule has 19 heavy (non-hydrogen) atoms. The second-order valence-corrected chi connectivity index (χ2v) is 4.49. The number of amides is 1. The smallest absolute Gasteiger partial charge is 0.236 e. The highest BCUT2D eigenvalue weighted by molar-refractivity contribution is 5.78. The number of hydrogen-bond acceptors (Lipinski definition) is 4. The monoisotopic (exact) mass is 259 g/mol. The van der Waals surface area contributed by atoms with Gasteiger partial charge in [-0.05, 0) is 30.7 Å². The molecule has 1 aliphatic heterocycles. The molecule has 0 saturated carbocycles. The molecular weight excluding hydrogens is 242 g/mol. The fourth-order valence-corrected chi connectivity index (χ4v) is 2.16. The van der Waals surface area contributed by atoms with E-state index in [1.807, 2.05) is 11.0 Å². The summed E-state index contributed by atoms with van der Waals surface area (Å²) in [5.74, 6) is 0.668. The first-order valence-electron chi connectivity index (χ1n) is 6.30. The fraction of sp³-hybridized carbons (Fsp3) is 0.429. The molecule has 2 rings (SSSR count). The van der Waals surface area contributed by atoms with Crippen LogP contribution in [0.3, 0.4) is 0 Å². The highest BCUT2D eigenvalue weighted by atomic mass is 16.5. The van der Waals surface area contributed by atoms with Gasteiger partial charge in [-0.1, -0.05) is 6.07 Å². The van der Waals surface area contributed by atoms with Gasteiger partial charge in [0.25, 0.3) is 0 Å². The maximum atomic E-state index is 11.9. The fourth-order valence-electron chi connectivity index (χ4n) is 2.16. The molecule has 1 amide bonds. The van der Waals surface area contributed by atoms with Crippen molar-refractivity contribution in [1.82, 2.24) is 10.2 Å². The van der Waals surface area contributed by atoms with E-state index in [0.717, 1.165) is 25.1 Å². The molecular formula is C14H17N3O2. The van der Waals surface area contributed by atoms with E-state index >= 15 is 0 Å². The Morgan fingerprint density at radius 1 is 1.53 bits per heavy atom. The minimum Gasteiger partial charge on any atom is -0.495 e. The molecule has 0 aromatic heterocycles. The van der Waals surface area contributed by atoms with Crippen molar-refractivity contribution >= 4 is 5.91 Å². The van der Waals surface area contributed by atoms with Gasteiger partial charge in [0, 0.05) is 13.1 Å². The third-order valence-electron chi connectivity index (χ3n) is 3.17. The molecule has 100 valence electrons. The second kappa shape index (κ2) is 6.21. The lowest BCUT2D eigenvalue weighted by atomic mass is 10.1. The number of carbonyl (C=O) groups excluding carboxylic acids is 1. The maximum absolute atomic E-state index is 11.9. The molecule has 1 saturated heterocycles. The van der Waals surface area contributed by atoms with Crippen LogP contribution in [0.2, 0.25) is 0 Å². The summed E-state index contributed by atoms with van der Waals surface area (Å²) in [6.45, 7) is 2.55. The Morgan fingerprint density at radius 3 is 3.11 bits per heavy atom. The molecule has 1 N–H and O–H groups in total. The average Bonchev–Trinajstić information content (AvgIpc) is 2.64. The standard InChI is InChI=1S/C14H17N3O2/c1-19-13-4-3-11(7-12(13)8-15)10-17-6-2-5-16-9-14(17)18/h3-4,7,16H,2,5-6,9-10H2,1H3. The van der Waals surface area contributed by atoms with Gasteiger partial charge in [0.15, 0.2) is 0 Å². The van der Waals surface area contributed by atoms with Gasteiger partial charge in [0.1, 0.15) is 11.8 Å². The van der Waals surface area contributed by atoms with Crippen molar-refractivity contribution < 1.29 is 9.53 Å². The van der Waals surface area contributed by atoms with Gasteiger partial charge in [-0.3, -0.25) is 4.79 Å². The van der Waals surface area contributed by atoms with Crippen molar-refractivity contribution in [2.24, 2.45) is 0 Å². The van der Waals surface area contributed by atoms with Crippen molar-refractivity contribution in [2.45, 2.75) is 13.0 Å². The van der Waals surface area contributed by atoms with Crippen molar-refractivity contribution in [3.8, 4) is 11.8 Å². The first-order chi connectivity index (χ1) is 9.24. The lowest BCUT2D eigenvalue weighted by Crippen LogP contribution is -2.34. The van der Waals surface area contributed by atoms with E-state index in [1.54, 1.807) is 19.2 Å². The zero-order valence-corrected chi connectivity index (χ0v) is 11.0. The number of carbonyl (C=O) groups is 1. The molecule has 5 nitrogen and oxygen atoms in total. The summed E-state index contributed by atoms with van der Waals surface area (Å²) in [6.07, 6.45) is 0.951. The molecule has 0 atom stereocenters. The van der Waals surface area contributed by atoms with Gasteiger partial charge in [-0.25, -0.2) is 0 Å². The maximum Gasteiger partial charge on any atom is 0.236 e. The lowest BCUT2D eigenvalue weighted by Gasteiger charge is -2.20. The van der Waals surface area contributed by atoms with Crippen molar-refractivity contribution in [3.05, 3.63) is 29.3 Å². The van der Waals surface area contributed by atoms with Gasteiger partial charge in [-0.2, -0.15) is 5.26 Å². The van der Waals surface area contributed by atoms with E-state index in [-0.39, 0.29) is 5.91 Å². The molecule has 1 aromatic rings. The third-order valence-corrected chi connectivity index (χ3v) is 3.17. The van der Waals surface area contributed by atoms with Crippen LogP contribution in [0.15, 0.2) is 18.2 Å². The number of hydrogen-bond donors (Lipinski definition) is 1. The SMILES string of the molecule is COc1ccc(CN2CCCNCC2=O)cc1C#N. The van der Waals surface area contributed by atoms with Crippen LogP contribution in [-0.4, -0.2) is 37.6 Å². The molecule has 1 heterocycles. The van der Waals surface area contributed by atoms with Crippen molar-refractivity contribution in [3.63, 3.8) is 0 Å². The van der Waals surface area contributed by atoms with Crippen molar-refractivity contribution in [1.29, 1.82) is 5.26 Å². The number of nitriles is 1. The molecule has 0 spiro atoms. The molecule has 0 bridgehead atoms. The van der Waals surface area contributed by atoms with Gasteiger partial charge in [-0.15, -0.1) is 0 Å². The summed E-state index contributed by atoms with van der Waals surface area (Å²) in [6, 6.07) is 7.56. The van der Waals surface area contributed by atoms with E-state index in [9.17, 15) is 4.79 Å². The zero-order valence-electron chi connectivity index (χ0n) is 11.0. The molecule has 1 fully saturated rings. The minimum atomic E-state index is 0.104. The molecule has 1 aromatic carbocycles. The Balaban J connectivity index is 2.14. The predicted molar refractivity (Wildman–Crippen MR) is 70.6 cm³/mol. The molecule has 0 radical (unpaired) electrons. The summed E-state index contributed by atoms with van der Waals surface area (Å²) in [7, 11) is 1.54. The predicted octanol–water partition coefficient (Wildman–Crippen LogP) is 0.889. The van der Waals surface area contributed by atoms with Crippen LogP contribution in [0.25, 0.3) is 0 Å². The quantitative estimate of drug-likeness (QED) is 0.875. The normalized spacial score (nSPS) is 15.8. The number of benzene rings is 1. The highest BCUT2D eigenvalue weighted by Crippen LogP contribution is 2.20. The van der Waals surface area contributed by atoms with Crippen LogP contribution in [-0.2, 0) is 11.3 Å². The van der Waals surface area contributed by atoms with Crippen LogP contribution < -0.4 is 10.1 Å². The minimum absolute atomic E-state index is 0.104. The Labute approximate surface area is 112 Å². The number of nitrogens with one attached hydrogen (secondary N) is 1. The Bertz CT molecular complexity index is 508. The molecule has 5 heteroatoms. The lowest BCUT2D eigenvalue weighted by molar-refractivity contribution is -0.130. The number of nitrogens with zero attached hydrogens (tertiary/aromatic N) is 2. The highest BCUT2D eigenvalue weighted by Gasteiger charge is 2.16. The third kappa shape index (κ3) is 3.24. The first kappa shape index (κ1) is 13.4. The topological polar surface area (TPSA) is 65.4 Å². The van der Waals surface area contributed by atoms with Crippen LogP contribution in [0.5, 0.6) is 5.75 Å². The van der Waals surface area contributed by atoms with Crippen molar-refractivity contribution in [2.75, 3.05) is 26.7 Å². The molecule has 1 aliphatic rings. The van der Waals surface area contributed by atoms with Crippen LogP contribution in [0.1, 0.15) is 17.5 Å². The van der Waals surface area contributed by atoms with E-state index in [2.05, 4.69) is 11.4 Å². The Kier molecular flexibility index (Phi) is 4.37. The zero-order chi connectivity index (χ0) is 13.7. The average molecular weight is 259 g/mol. The number of methoxy groups -OCH3 is 1. The van der Waals surface area contributed by atoms with E-state index in [1.165, 1.54) is 0 Å². The van der Waals surface area contributed by atoms with Gasteiger partial charge in [0.05, 0.1) is 19.2 Å². The van der Waals surface area contributed by atoms with Gasteiger partial charge >= 0.3 is 0 Å². The number of ether oxygens (including phenoxy) is 1. The largest absolute Gasteiger partial charge is 0.495 e. The Morgan fingerprint density at radius 2 is 2.37 bits per heavy atom. The van der Waals surface area contributed by atoms with Crippen LogP contribution in [0.4, 0.5) is 0 Å². The summed E-state index contributed by atoms with van der Waals surface area (Å²) < 4.78 is 5.11. The summed E-state index contributed by atoms with van der Waals surface area (Å²) in [4.78, 5) is 13.7. The molecule has 0 unspecified atom stereocenters. The van der Waals surface area contributed by atoms with Gasteiger partial charge in [0.2, 0.25) is 5.91 Å². The summed E-state index contributed by atoms with van der Waals surface area (Å²) in [5, 5.41) is 12.1. The summed E-state index contributed by atoms with van der Waals surface area (Å²) in [5.41, 5.74) is 1.45. The van der Waals surface area contributed by atoms with Crippen LogP contribution in [0, 0.1) is 11.3 Å².